The highest BCUT2D eigenvalue weighted by Crippen LogP contribution is 2.36. The predicted molar refractivity (Wildman–Crippen MR) is 86.9 cm³/mol. The number of benzene rings is 2. The van der Waals surface area contributed by atoms with E-state index in [1.807, 2.05) is 18.2 Å². The van der Waals surface area contributed by atoms with Crippen LogP contribution in [0.1, 0.15) is 0 Å². The van der Waals surface area contributed by atoms with Gasteiger partial charge in [0.2, 0.25) is 0 Å². The minimum atomic E-state index is -0.425. The summed E-state index contributed by atoms with van der Waals surface area (Å²) >= 11 is 0. The maximum Gasteiger partial charge on any atom is 0.296 e. The van der Waals surface area contributed by atoms with Gasteiger partial charge in [-0.1, -0.05) is 30.3 Å². The number of hydrogen-bond donors (Lipinski definition) is 0. The fourth-order valence-corrected chi connectivity index (χ4v) is 2.44. The lowest BCUT2D eigenvalue weighted by Crippen LogP contribution is -1.97. The van der Waals surface area contributed by atoms with Gasteiger partial charge in [0.25, 0.3) is 5.69 Å². The average Bonchev–Trinajstić information content (AvgIpc) is 2.59. The Morgan fingerprint density at radius 2 is 1.65 bits per heavy atom. The van der Waals surface area contributed by atoms with E-state index in [0.717, 1.165) is 0 Å². The zero-order chi connectivity index (χ0) is 16.4. The summed E-state index contributed by atoms with van der Waals surface area (Å²) < 4.78 is 10.5. The van der Waals surface area contributed by atoms with Gasteiger partial charge in [0.15, 0.2) is 11.5 Å². The third kappa shape index (κ3) is 2.66. The normalized spacial score (nSPS) is 10.5. The van der Waals surface area contributed by atoms with E-state index in [1.54, 1.807) is 24.3 Å². The minimum Gasteiger partial charge on any atom is -0.493 e. The van der Waals surface area contributed by atoms with E-state index in [-0.39, 0.29) is 5.69 Å². The molecule has 0 unspecified atom stereocenters. The van der Waals surface area contributed by atoms with Crippen molar-refractivity contribution in [3.05, 3.63) is 58.6 Å². The molecular weight excluding hydrogens is 296 g/mol. The van der Waals surface area contributed by atoms with E-state index >= 15 is 0 Å². The molecule has 3 rings (SSSR count). The van der Waals surface area contributed by atoms with Crippen molar-refractivity contribution >= 4 is 16.6 Å². The fraction of sp³-hybridized carbons (Fsp3) is 0.118. The van der Waals surface area contributed by atoms with Crippen LogP contribution >= 0.6 is 0 Å². The molecule has 3 aromatic rings. The summed E-state index contributed by atoms with van der Waals surface area (Å²) in [5.41, 5.74) is 1.58. The van der Waals surface area contributed by atoms with Crippen LogP contribution in [-0.2, 0) is 0 Å². The van der Waals surface area contributed by atoms with E-state index in [9.17, 15) is 10.1 Å². The van der Waals surface area contributed by atoms with Gasteiger partial charge in [0.1, 0.15) is 5.69 Å². The van der Waals surface area contributed by atoms with E-state index in [0.29, 0.717) is 33.7 Å². The summed E-state index contributed by atoms with van der Waals surface area (Å²) in [6.07, 6.45) is 0. The number of hydrogen-bond acceptors (Lipinski definition) is 5. The van der Waals surface area contributed by atoms with Gasteiger partial charge in [-0.25, -0.2) is 4.98 Å². The Morgan fingerprint density at radius 3 is 2.26 bits per heavy atom. The molecule has 0 spiro atoms. The molecular formula is C17H14N2O4. The number of nitro groups is 1. The molecule has 6 nitrogen and oxygen atoms in total. The fourth-order valence-electron chi connectivity index (χ4n) is 2.44. The Labute approximate surface area is 132 Å². The molecule has 0 aliphatic rings. The second kappa shape index (κ2) is 5.92. The number of nitrogens with zero attached hydrogens (tertiary/aromatic N) is 2. The Kier molecular flexibility index (Phi) is 3.80. The highest BCUT2D eigenvalue weighted by atomic mass is 16.6. The van der Waals surface area contributed by atoms with Crippen LogP contribution in [0.3, 0.4) is 0 Å². The van der Waals surface area contributed by atoms with Gasteiger partial charge >= 0.3 is 0 Å². The molecule has 0 saturated heterocycles. The average molecular weight is 310 g/mol. The lowest BCUT2D eigenvalue weighted by atomic mass is 10.1. The van der Waals surface area contributed by atoms with Crippen LogP contribution in [0.4, 0.5) is 5.69 Å². The van der Waals surface area contributed by atoms with Crippen LogP contribution < -0.4 is 9.47 Å². The molecule has 0 bridgehead atoms. The zero-order valence-corrected chi connectivity index (χ0v) is 12.6. The molecule has 0 N–H and O–H groups in total. The number of pyridine rings is 1. The largest absolute Gasteiger partial charge is 0.493 e. The van der Waals surface area contributed by atoms with Crippen molar-refractivity contribution < 1.29 is 14.4 Å². The summed E-state index contributed by atoms with van der Waals surface area (Å²) in [6, 6.07) is 14.0. The van der Waals surface area contributed by atoms with Gasteiger partial charge in [0, 0.05) is 23.1 Å². The Hall–Kier alpha value is -3.15. The van der Waals surface area contributed by atoms with Gasteiger partial charge in [0.05, 0.1) is 24.7 Å². The van der Waals surface area contributed by atoms with Gasteiger partial charge in [-0.15, -0.1) is 0 Å². The third-order valence-corrected chi connectivity index (χ3v) is 3.54. The molecule has 0 fully saturated rings. The highest BCUT2D eigenvalue weighted by molar-refractivity contribution is 5.89. The molecule has 0 atom stereocenters. The first kappa shape index (κ1) is 14.8. The second-order valence-corrected chi connectivity index (χ2v) is 4.88. The maximum absolute atomic E-state index is 11.4. The van der Waals surface area contributed by atoms with Crippen LogP contribution in [0.5, 0.6) is 11.5 Å². The molecule has 1 aromatic heterocycles. The maximum atomic E-state index is 11.4. The third-order valence-electron chi connectivity index (χ3n) is 3.54. The summed E-state index contributed by atoms with van der Waals surface area (Å²) in [5, 5.41) is 12.0. The Morgan fingerprint density at radius 1 is 1.00 bits per heavy atom. The standard InChI is InChI=1S/C17H14N2O4/c1-22-15-9-12-8-14(19(20)21)17(11-6-4-3-5-7-11)18-13(12)10-16(15)23-2/h3-10H,1-2H3. The molecule has 116 valence electrons. The van der Waals surface area contributed by atoms with Gasteiger partial charge < -0.3 is 9.47 Å². The first-order valence-corrected chi connectivity index (χ1v) is 6.90. The monoisotopic (exact) mass is 310 g/mol. The van der Waals surface area contributed by atoms with E-state index < -0.39 is 4.92 Å². The number of aromatic nitrogens is 1. The lowest BCUT2D eigenvalue weighted by molar-refractivity contribution is -0.384. The Balaban J connectivity index is 2.31. The number of rotatable bonds is 4. The van der Waals surface area contributed by atoms with E-state index in [4.69, 9.17) is 9.47 Å². The summed E-state index contributed by atoms with van der Waals surface area (Å²) in [6.45, 7) is 0. The van der Waals surface area contributed by atoms with Crippen LogP contribution in [0.15, 0.2) is 48.5 Å². The lowest BCUT2D eigenvalue weighted by Gasteiger charge is -2.10. The molecule has 0 saturated carbocycles. The molecule has 2 aromatic carbocycles. The predicted octanol–water partition coefficient (Wildman–Crippen LogP) is 3.83. The Bertz CT molecular complexity index is 879. The summed E-state index contributed by atoms with van der Waals surface area (Å²) in [7, 11) is 3.05. The van der Waals surface area contributed by atoms with Crippen molar-refractivity contribution in [2.24, 2.45) is 0 Å². The first-order valence-electron chi connectivity index (χ1n) is 6.90. The number of methoxy groups -OCH3 is 2. The molecule has 23 heavy (non-hydrogen) atoms. The molecule has 0 amide bonds. The van der Waals surface area contributed by atoms with Crippen LogP contribution in [0.2, 0.25) is 0 Å². The van der Waals surface area contributed by atoms with Gasteiger partial charge in [-0.2, -0.15) is 0 Å². The quantitative estimate of drug-likeness (QED) is 0.541. The topological polar surface area (TPSA) is 74.5 Å². The van der Waals surface area contributed by atoms with Crippen LogP contribution in [0.25, 0.3) is 22.2 Å². The van der Waals surface area contributed by atoms with E-state index in [2.05, 4.69) is 4.98 Å². The molecule has 6 heteroatoms. The number of fused-ring (bicyclic) bond motifs is 1. The molecule has 1 heterocycles. The smallest absolute Gasteiger partial charge is 0.296 e. The van der Waals surface area contributed by atoms with Gasteiger partial charge in [-0.05, 0) is 6.07 Å². The van der Waals surface area contributed by atoms with Crippen molar-refractivity contribution in [3.63, 3.8) is 0 Å². The van der Waals surface area contributed by atoms with Gasteiger partial charge in [-0.3, -0.25) is 10.1 Å². The van der Waals surface area contributed by atoms with Crippen LogP contribution in [0, 0.1) is 10.1 Å². The number of ether oxygens (including phenoxy) is 2. The van der Waals surface area contributed by atoms with Crippen molar-refractivity contribution in [2.75, 3.05) is 14.2 Å². The van der Waals surface area contributed by atoms with Crippen molar-refractivity contribution in [1.29, 1.82) is 0 Å². The van der Waals surface area contributed by atoms with Crippen molar-refractivity contribution in [3.8, 4) is 22.8 Å². The molecule has 0 aliphatic heterocycles. The van der Waals surface area contributed by atoms with E-state index in [1.165, 1.54) is 20.3 Å². The molecule has 0 radical (unpaired) electrons. The van der Waals surface area contributed by atoms with Crippen molar-refractivity contribution in [2.45, 2.75) is 0 Å². The van der Waals surface area contributed by atoms with Crippen molar-refractivity contribution in [1.82, 2.24) is 4.98 Å². The second-order valence-electron chi connectivity index (χ2n) is 4.88. The first-order chi connectivity index (χ1) is 11.1. The minimum absolute atomic E-state index is 0.0454. The summed E-state index contributed by atoms with van der Waals surface area (Å²) in [4.78, 5) is 15.5. The zero-order valence-electron chi connectivity index (χ0n) is 12.6. The highest BCUT2D eigenvalue weighted by Gasteiger charge is 2.19. The molecule has 0 aliphatic carbocycles. The summed E-state index contributed by atoms with van der Waals surface area (Å²) in [5.74, 6) is 1.03. The van der Waals surface area contributed by atoms with Crippen LogP contribution in [-0.4, -0.2) is 24.1 Å². The SMILES string of the molecule is COc1cc2cc([N+](=O)[O-])c(-c3ccccc3)nc2cc1OC.